The van der Waals surface area contributed by atoms with Crippen LogP contribution in [-0.4, -0.2) is 12.3 Å². The van der Waals surface area contributed by atoms with Crippen molar-refractivity contribution in [3.63, 3.8) is 0 Å². The minimum Gasteiger partial charge on any atom is -0.378 e. The summed E-state index contributed by atoms with van der Waals surface area (Å²) in [6, 6.07) is 8.33. The summed E-state index contributed by atoms with van der Waals surface area (Å²) in [5.74, 6) is 3.01. The number of benzene rings is 1. The molecule has 0 unspecified atom stereocenters. The molecule has 21 heavy (non-hydrogen) atoms. The van der Waals surface area contributed by atoms with Gasteiger partial charge in [0.2, 0.25) is 0 Å². The zero-order chi connectivity index (χ0) is 14.4. The minimum absolute atomic E-state index is 0.0342. The lowest BCUT2D eigenvalue weighted by Crippen LogP contribution is -2.51. The molecule has 4 bridgehead atoms. The first-order valence-corrected chi connectivity index (χ1v) is 8.47. The second kappa shape index (κ2) is 4.86. The molecule has 0 aromatic heterocycles. The smallest absolute Gasteiger partial charge is 0.158 e. The summed E-state index contributed by atoms with van der Waals surface area (Å²) >= 11 is 0. The largest absolute Gasteiger partial charge is 0.378 e. The third kappa shape index (κ3) is 2.39. The van der Waals surface area contributed by atoms with Crippen LogP contribution >= 0.6 is 0 Å². The first-order chi connectivity index (χ1) is 10.1. The Morgan fingerprint density at radius 1 is 1.05 bits per heavy atom. The van der Waals surface area contributed by atoms with E-state index in [-0.39, 0.29) is 5.41 Å². The molecule has 1 aromatic carbocycles. The molecular formula is C19H25NO. The van der Waals surface area contributed by atoms with Crippen molar-refractivity contribution in [3.05, 3.63) is 29.8 Å². The van der Waals surface area contributed by atoms with Crippen LogP contribution in [0.1, 0.15) is 44.1 Å². The summed E-state index contributed by atoms with van der Waals surface area (Å²) < 4.78 is 0. The van der Waals surface area contributed by atoms with E-state index >= 15 is 0 Å². The van der Waals surface area contributed by atoms with Gasteiger partial charge in [0.05, 0.1) is 6.54 Å². The molecule has 0 heterocycles. The van der Waals surface area contributed by atoms with Crippen LogP contribution in [0, 0.1) is 30.1 Å². The number of aryl methyl sites for hydroxylation is 1. The standard InChI is InChI=1S/C19H25NO/c1-13-2-4-17(5-3-13)20-12-18(21)19-9-14-6-15(10-19)8-16(7-14)11-19/h2-5,14-16,20H,6-12H2,1H3. The van der Waals surface area contributed by atoms with Gasteiger partial charge in [0.15, 0.2) is 5.78 Å². The van der Waals surface area contributed by atoms with E-state index in [9.17, 15) is 4.79 Å². The number of nitrogens with one attached hydrogen (secondary N) is 1. The Balaban J connectivity index is 1.44. The lowest BCUT2D eigenvalue weighted by Gasteiger charge is -2.56. The van der Waals surface area contributed by atoms with Gasteiger partial charge in [-0.3, -0.25) is 4.79 Å². The molecule has 0 atom stereocenters. The monoisotopic (exact) mass is 283 g/mol. The molecule has 4 fully saturated rings. The predicted octanol–water partition coefficient (Wildman–Crippen LogP) is 4.19. The maximum absolute atomic E-state index is 12.9. The van der Waals surface area contributed by atoms with Crippen molar-refractivity contribution in [3.8, 4) is 0 Å². The average Bonchev–Trinajstić information content (AvgIpc) is 2.45. The van der Waals surface area contributed by atoms with E-state index in [4.69, 9.17) is 0 Å². The maximum atomic E-state index is 12.9. The van der Waals surface area contributed by atoms with Crippen LogP contribution in [-0.2, 0) is 4.79 Å². The van der Waals surface area contributed by atoms with Crippen LogP contribution in [0.25, 0.3) is 0 Å². The van der Waals surface area contributed by atoms with Gasteiger partial charge in [-0.2, -0.15) is 0 Å². The average molecular weight is 283 g/mol. The molecule has 4 saturated carbocycles. The fraction of sp³-hybridized carbons (Fsp3) is 0.632. The van der Waals surface area contributed by atoms with Crippen LogP contribution in [0.4, 0.5) is 5.69 Å². The Hall–Kier alpha value is -1.31. The predicted molar refractivity (Wildman–Crippen MR) is 85.3 cm³/mol. The van der Waals surface area contributed by atoms with Gasteiger partial charge in [-0.05, 0) is 75.3 Å². The maximum Gasteiger partial charge on any atom is 0.158 e. The molecule has 0 amide bonds. The molecule has 0 spiro atoms. The fourth-order valence-electron chi connectivity index (χ4n) is 5.49. The van der Waals surface area contributed by atoms with E-state index in [0.717, 1.165) is 23.4 Å². The summed E-state index contributed by atoms with van der Waals surface area (Å²) in [4.78, 5) is 12.9. The first-order valence-electron chi connectivity index (χ1n) is 8.47. The van der Waals surface area contributed by atoms with Gasteiger partial charge in [-0.1, -0.05) is 17.7 Å². The molecule has 1 N–H and O–H groups in total. The molecule has 0 aliphatic heterocycles. The van der Waals surface area contributed by atoms with Crippen molar-refractivity contribution in [2.24, 2.45) is 23.2 Å². The van der Waals surface area contributed by atoms with Gasteiger partial charge in [0, 0.05) is 11.1 Å². The first kappa shape index (κ1) is 13.4. The van der Waals surface area contributed by atoms with Gasteiger partial charge >= 0.3 is 0 Å². The van der Waals surface area contributed by atoms with Crippen molar-refractivity contribution in [2.75, 3.05) is 11.9 Å². The molecule has 1 aromatic rings. The van der Waals surface area contributed by atoms with E-state index < -0.39 is 0 Å². The van der Waals surface area contributed by atoms with Crippen LogP contribution < -0.4 is 5.32 Å². The highest BCUT2D eigenvalue weighted by molar-refractivity contribution is 5.89. The molecule has 2 nitrogen and oxygen atoms in total. The number of hydrogen-bond acceptors (Lipinski definition) is 2. The summed E-state index contributed by atoms with van der Waals surface area (Å²) in [5, 5.41) is 3.35. The van der Waals surface area contributed by atoms with Gasteiger partial charge in [-0.25, -0.2) is 0 Å². The highest BCUT2D eigenvalue weighted by Crippen LogP contribution is 2.60. The number of hydrogen-bond donors (Lipinski definition) is 1. The number of carbonyl (C=O) groups excluding carboxylic acids is 1. The lowest BCUT2D eigenvalue weighted by atomic mass is 9.48. The topological polar surface area (TPSA) is 29.1 Å². The van der Waals surface area contributed by atoms with Crippen molar-refractivity contribution >= 4 is 11.5 Å². The van der Waals surface area contributed by atoms with E-state index in [2.05, 4.69) is 36.5 Å². The molecule has 4 aliphatic carbocycles. The molecule has 4 aliphatic rings. The molecule has 0 saturated heterocycles. The molecular weight excluding hydrogens is 258 g/mol. The van der Waals surface area contributed by atoms with Crippen LogP contribution in [0.15, 0.2) is 24.3 Å². The quantitative estimate of drug-likeness (QED) is 0.897. The third-order valence-corrected chi connectivity index (χ3v) is 6.13. The van der Waals surface area contributed by atoms with Crippen LogP contribution in [0.2, 0.25) is 0 Å². The van der Waals surface area contributed by atoms with Crippen molar-refractivity contribution in [1.82, 2.24) is 0 Å². The number of rotatable bonds is 4. The number of carbonyl (C=O) groups is 1. The Labute approximate surface area is 127 Å². The normalized spacial score (nSPS) is 36.7. The highest BCUT2D eigenvalue weighted by atomic mass is 16.1. The van der Waals surface area contributed by atoms with Crippen LogP contribution in [0.5, 0.6) is 0 Å². The fourth-order valence-corrected chi connectivity index (χ4v) is 5.49. The Kier molecular flexibility index (Phi) is 3.09. The van der Waals surface area contributed by atoms with E-state index in [0.29, 0.717) is 12.3 Å². The highest BCUT2D eigenvalue weighted by Gasteiger charge is 2.53. The number of anilines is 1. The van der Waals surface area contributed by atoms with E-state index in [1.807, 2.05) is 0 Å². The van der Waals surface area contributed by atoms with Gasteiger partial charge in [-0.15, -0.1) is 0 Å². The van der Waals surface area contributed by atoms with Gasteiger partial charge in [0.25, 0.3) is 0 Å². The van der Waals surface area contributed by atoms with E-state index in [1.54, 1.807) is 0 Å². The second-order valence-electron chi connectivity index (χ2n) is 7.84. The van der Waals surface area contributed by atoms with Gasteiger partial charge < -0.3 is 5.32 Å². The molecule has 2 heteroatoms. The minimum atomic E-state index is 0.0342. The molecule has 0 radical (unpaired) electrons. The summed E-state index contributed by atoms with van der Waals surface area (Å²) in [6.07, 6.45) is 7.72. The van der Waals surface area contributed by atoms with Crippen molar-refractivity contribution in [2.45, 2.75) is 45.4 Å². The molecule has 5 rings (SSSR count). The Bertz CT molecular complexity index is 510. The SMILES string of the molecule is Cc1ccc(NCC(=O)C23CC4CC(CC(C4)C2)C3)cc1. The zero-order valence-electron chi connectivity index (χ0n) is 12.9. The summed E-state index contributed by atoms with van der Waals surface area (Å²) in [6.45, 7) is 2.60. The Morgan fingerprint density at radius 3 is 2.10 bits per heavy atom. The Morgan fingerprint density at radius 2 is 1.57 bits per heavy atom. The molecule has 112 valence electrons. The lowest BCUT2D eigenvalue weighted by molar-refractivity contribution is -0.141. The number of Topliss-reactive ketones (excluding diaryl/α,β-unsaturated/α-hetero) is 1. The van der Waals surface area contributed by atoms with Crippen LogP contribution in [0.3, 0.4) is 0 Å². The second-order valence-corrected chi connectivity index (χ2v) is 7.84. The van der Waals surface area contributed by atoms with Crippen molar-refractivity contribution < 1.29 is 4.79 Å². The van der Waals surface area contributed by atoms with Gasteiger partial charge in [0.1, 0.15) is 0 Å². The van der Waals surface area contributed by atoms with E-state index in [1.165, 1.54) is 44.1 Å². The van der Waals surface area contributed by atoms with Crippen molar-refractivity contribution in [1.29, 1.82) is 0 Å². The summed E-state index contributed by atoms with van der Waals surface area (Å²) in [5.41, 5.74) is 2.36. The third-order valence-electron chi connectivity index (χ3n) is 6.13. The zero-order valence-corrected chi connectivity index (χ0v) is 12.9. The number of ketones is 1. The summed E-state index contributed by atoms with van der Waals surface area (Å²) in [7, 11) is 0.